The maximum Gasteiger partial charge on any atom is 0.303 e. The Morgan fingerprint density at radius 2 is 1.94 bits per heavy atom. The number of aliphatic carboxylic acids is 1. The summed E-state index contributed by atoms with van der Waals surface area (Å²) in [5.41, 5.74) is 0. The third-order valence-corrected chi connectivity index (χ3v) is 3.62. The van der Waals surface area contributed by atoms with Gasteiger partial charge in [-0.05, 0) is 33.1 Å². The second kappa shape index (κ2) is 9.29. The third kappa shape index (κ3) is 11.8. The van der Waals surface area contributed by atoms with Gasteiger partial charge in [0.2, 0.25) is 10.0 Å². The minimum absolute atomic E-state index is 0.122. The molecule has 0 rings (SSSR count). The maximum absolute atomic E-state index is 11.4. The van der Waals surface area contributed by atoms with Crippen molar-refractivity contribution in [3.8, 4) is 0 Å². The molecular formula is C11H23NO5S. The van der Waals surface area contributed by atoms with E-state index in [9.17, 15) is 13.2 Å². The molecule has 0 spiro atoms. The van der Waals surface area contributed by atoms with E-state index in [0.29, 0.717) is 19.6 Å². The van der Waals surface area contributed by atoms with E-state index >= 15 is 0 Å². The van der Waals surface area contributed by atoms with Crippen LogP contribution in [0.2, 0.25) is 0 Å². The normalized spacial score (nSPS) is 11.9. The van der Waals surface area contributed by atoms with Crippen LogP contribution in [0, 0.1) is 0 Å². The number of carboxylic acids is 1. The first-order valence-corrected chi connectivity index (χ1v) is 7.79. The molecule has 2 N–H and O–H groups in total. The Morgan fingerprint density at radius 3 is 2.50 bits per heavy atom. The molecule has 0 aromatic rings. The van der Waals surface area contributed by atoms with Gasteiger partial charge in [0.25, 0.3) is 0 Å². The molecule has 0 saturated carbocycles. The van der Waals surface area contributed by atoms with Gasteiger partial charge < -0.3 is 9.84 Å². The van der Waals surface area contributed by atoms with E-state index in [1.54, 1.807) is 0 Å². The molecule has 0 atom stereocenters. The molecular weight excluding hydrogens is 258 g/mol. The van der Waals surface area contributed by atoms with Crippen LogP contribution in [0.5, 0.6) is 0 Å². The van der Waals surface area contributed by atoms with E-state index in [-0.39, 0.29) is 24.7 Å². The van der Waals surface area contributed by atoms with Gasteiger partial charge in [0.05, 0.1) is 11.9 Å². The number of sulfonamides is 1. The lowest BCUT2D eigenvalue weighted by atomic mass is 10.3. The fourth-order valence-electron chi connectivity index (χ4n) is 1.26. The third-order valence-electron chi connectivity index (χ3n) is 2.15. The molecule has 0 bridgehead atoms. The smallest absolute Gasteiger partial charge is 0.303 e. The monoisotopic (exact) mass is 281 g/mol. The number of ether oxygens (including phenoxy) is 1. The molecule has 0 radical (unpaired) electrons. The predicted octanol–water partition coefficient (Wildman–Crippen LogP) is 0.976. The summed E-state index contributed by atoms with van der Waals surface area (Å²) in [5.74, 6) is -1.11. The van der Waals surface area contributed by atoms with Crippen molar-refractivity contribution >= 4 is 16.0 Å². The van der Waals surface area contributed by atoms with Crippen LogP contribution in [0.25, 0.3) is 0 Å². The summed E-state index contributed by atoms with van der Waals surface area (Å²) < 4.78 is 30.6. The van der Waals surface area contributed by atoms with E-state index in [4.69, 9.17) is 9.84 Å². The number of nitrogens with one attached hydrogen (secondary N) is 1. The first kappa shape index (κ1) is 17.3. The van der Waals surface area contributed by atoms with Crippen molar-refractivity contribution in [3.63, 3.8) is 0 Å². The summed E-state index contributed by atoms with van der Waals surface area (Å²) in [6.45, 7) is 4.89. The lowest BCUT2D eigenvalue weighted by Crippen LogP contribution is -2.27. The second-order valence-electron chi connectivity index (χ2n) is 4.34. The van der Waals surface area contributed by atoms with Crippen molar-refractivity contribution in [2.45, 2.75) is 45.6 Å². The molecule has 0 heterocycles. The Morgan fingerprint density at radius 1 is 1.28 bits per heavy atom. The van der Waals surface area contributed by atoms with Gasteiger partial charge in [-0.25, -0.2) is 13.1 Å². The summed E-state index contributed by atoms with van der Waals surface area (Å²) in [6, 6.07) is 0. The van der Waals surface area contributed by atoms with Crippen LogP contribution in [-0.4, -0.2) is 44.5 Å². The molecule has 0 saturated heterocycles. The van der Waals surface area contributed by atoms with Crippen molar-refractivity contribution in [3.05, 3.63) is 0 Å². The van der Waals surface area contributed by atoms with Gasteiger partial charge in [0.15, 0.2) is 0 Å². The van der Waals surface area contributed by atoms with Crippen LogP contribution >= 0.6 is 0 Å². The zero-order valence-electron chi connectivity index (χ0n) is 11.0. The van der Waals surface area contributed by atoms with Crippen LogP contribution < -0.4 is 4.72 Å². The summed E-state index contributed by atoms with van der Waals surface area (Å²) in [7, 11) is -3.33. The summed E-state index contributed by atoms with van der Waals surface area (Å²) in [5, 5.41) is 8.40. The molecule has 0 aliphatic rings. The highest BCUT2D eigenvalue weighted by atomic mass is 32.2. The molecule has 0 aliphatic carbocycles. The molecule has 0 unspecified atom stereocenters. The molecule has 0 amide bonds. The summed E-state index contributed by atoms with van der Waals surface area (Å²) >= 11 is 0. The van der Waals surface area contributed by atoms with Gasteiger partial charge in [-0.15, -0.1) is 0 Å². The fourth-order valence-corrected chi connectivity index (χ4v) is 2.38. The van der Waals surface area contributed by atoms with Crippen molar-refractivity contribution in [2.24, 2.45) is 0 Å². The largest absolute Gasteiger partial charge is 0.481 e. The fraction of sp³-hybridized carbons (Fsp3) is 0.909. The zero-order chi connectivity index (χ0) is 14.0. The Labute approximate surface area is 109 Å². The van der Waals surface area contributed by atoms with Crippen LogP contribution in [0.4, 0.5) is 0 Å². The van der Waals surface area contributed by atoms with Gasteiger partial charge in [0, 0.05) is 19.6 Å². The topological polar surface area (TPSA) is 92.7 Å². The van der Waals surface area contributed by atoms with Crippen LogP contribution in [0.15, 0.2) is 0 Å². The highest BCUT2D eigenvalue weighted by molar-refractivity contribution is 7.89. The highest BCUT2D eigenvalue weighted by Gasteiger charge is 2.10. The molecule has 6 nitrogen and oxygen atoms in total. The molecule has 0 aromatic carbocycles. The zero-order valence-corrected chi connectivity index (χ0v) is 11.8. The van der Waals surface area contributed by atoms with Gasteiger partial charge in [0.1, 0.15) is 0 Å². The first-order valence-electron chi connectivity index (χ1n) is 6.14. The second-order valence-corrected chi connectivity index (χ2v) is 6.26. The van der Waals surface area contributed by atoms with E-state index in [1.807, 2.05) is 13.8 Å². The first-order chi connectivity index (χ1) is 8.33. The van der Waals surface area contributed by atoms with Crippen molar-refractivity contribution < 1.29 is 23.1 Å². The Hall–Kier alpha value is -0.660. The van der Waals surface area contributed by atoms with Crippen LogP contribution in [0.1, 0.15) is 39.5 Å². The standard InChI is InChI=1S/C11H23NO5S/c1-10(2)17-8-4-3-7-12-18(15,16)9-5-6-11(13)14/h10,12H,3-9H2,1-2H3,(H,13,14). The van der Waals surface area contributed by atoms with Crippen molar-refractivity contribution in [1.82, 2.24) is 4.72 Å². The number of rotatable bonds is 11. The van der Waals surface area contributed by atoms with Crippen molar-refractivity contribution in [2.75, 3.05) is 18.9 Å². The summed E-state index contributed by atoms with van der Waals surface area (Å²) in [4.78, 5) is 10.2. The highest BCUT2D eigenvalue weighted by Crippen LogP contribution is 1.97. The molecule has 0 aromatic heterocycles. The predicted molar refractivity (Wildman–Crippen MR) is 69.0 cm³/mol. The molecule has 18 heavy (non-hydrogen) atoms. The number of carboxylic acid groups (broad SMARTS) is 1. The SMILES string of the molecule is CC(C)OCCCCNS(=O)(=O)CCCC(=O)O. The van der Waals surface area contributed by atoms with Crippen LogP contribution in [0.3, 0.4) is 0 Å². The lowest BCUT2D eigenvalue weighted by molar-refractivity contribution is -0.137. The molecule has 0 fully saturated rings. The Balaban J connectivity index is 3.55. The minimum Gasteiger partial charge on any atom is -0.481 e. The number of hydrogen-bond donors (Lipinski definition) is 2. The van der Waals surface area contributed by atoms with Crippen molar-refractivity contribution in [1.29, 1.82) is 0 Å². The number of hydrogen-bond acceptors (Lipinski definition) is 4. The molecule has 7 heteroatoms. The Bertz CT molecular complexity index is 326. The van der Waals surface area contributed by atoms with E-state index < -0.39 is 16.0 Å². The lowest BCUT2D eigenvalue weighted by Gasteiger charge is -2.08. The number of carbonyl (C=O) groups is 1. The van der Waals surface area contributed by atoms with Crippen LogP contribution in [-0.2, 0) is 19.6 Å². The number of unbranched alkanes of at least 4 members (excludes halogenated alkanes) is 1. The summed E-state index contributed by atoms with van der Waals surface area (Å²) in [6.07, 6.45) is 1.73. The van der Waals surface area contributed by atoms with Gasteiger partial charge in [-0.2, -0.15) is 0 Å². The average Bonchev–Trinajstić information content (AvgIpc) is 2.21. The van der Waals surface area contributed by atoms with Gasteiger partial charge >= 0.3 is 5.97 Å². The van der Waals surface area contributed by atoms with E-state index in [2.05, 4.69) is 4.72 Å². The molecule has 0 aliphatic heterocycles. The van der Waals surface area contributed by atoms with Gasteiger partial charge in [-0.1, -0.05) is 0 Å². The quantitative estimate of drug-likeness (QED) is 0.551. The molecule has 108 valence electrons. The van der Waals surface area contributed by atoms with Gasteiger partial charge in [-0.3, -0.25) is 4.79 Å². The minimum atomic E-state index is -3.33. The average molecular weight is 281 g/mol. The van der Waals surface area contributed by atoms with E-state index in [1.165, 1.54) is 0 Å². The Kier molecular flexibility index (Phi) is 8.95. The maximum atomic E-state index is 11.4. The van der Waals surface area contributed by atoms with E-state index in [0.717, 1.165) is 6.42 Å².